The summed E-state index contributed by atoms with van der Waals surface area (Å²) >= 11 is 0. The maximum Gasteiger partial charge on any atom is 0.335 e. The molecule has 192 valence electrons. The van der Waals surface area contributed by atoms with Gasteiger partial charge in [0.25, 0.3) is 0 Å². The molecule has 7 heteroatoms. The summed E-state index contributed by atoms with van der Waals surface area (Å²) in [4.78, 5) is 29.2. The van der Waals surface area contributed by atoms with Crippen molar-refractivity contribution < 1.29 is 14.7 Å². The molecule has 0 aromatic heterocycles. The molecule has 0 spiro atoms. The fourth-order valence-corrected chi connectivity index (χ4v) is 4.65. The minimum atomic E-state index is -1.04. The van der Waals surface area contributed by atoms with Gasteiger partial charge in [-0.2, -0.15) is 0 Å². The summed E-state index contributed by atoms with van der Waals surface area (Å²) < 4.78 is 0. The van der Waals surface area contributed by atoms with Crippen LogP contribution in [-0.2, 0) is 0 Å². The molecule has 37 heavy (non-hydrogen) atoms. The van der Waals surface area contributed by atoms with Gasteiger partial charge in [-0.25, -0.2) is 9.59 Å². The Labute approximate surface area is 218 Å². The van der Waals surface area contributed by atoms with Crippen LogP contribution in [0, 0.1) is 0 Å². The Hall–Kier alpha value is -3.94. The smallest absolute Gasteiger partial charge is 0.335 e. The molecule has 1 saturated heterocycles. The highest BCUT2D eigenvalue weighted by Crippen LogP contribution is 2.26. The quantitative estimate of drug-likeness (QED) is 0.358. The van der Waals surface area contributed by atoms with Gasteiger partial charge >= 0.3 is 12.0 Å². The van der Waals surface area contributed by atoms with Crippen molar-refractivity contribution in [2.24, 2.45) is 0 Å². The molecule has 1 aliphatic heterocycles. The summed E-state index contributed by atoms with van der Waals surface area (Å²) in [6.07, 6.45) is 0. The molecular weight excluding hydrogens is 464 g/mol. The van der Waals surface area contributed by atoms with Gasteiger partial charge in [-0.15, -0.1) is 0 Å². The molecule has 0 bridgehead atoms. The Bertz CT molecular complexity index is 1150. The van der Waals surface area contributed by atoms with Gasteiger partial charge in [0, 0.05) is 57.4 Å². The predicted molar refractivity (Wildman–Crippen MR) is 147 cm³/mol. The Kier molecular flexibility index (Phi) is 9.08. The molecular formula is C30H34N4O3. The number of carbonyl (C=O) groups excluding carboxylic acids is 1. The van der Waals surface area contributed by atoms with E-state index in [0.717, 1.165) is 49.4 Å². The molecule has 1 fully saturated rings. The van der Waals surface area contributed by atoms with Crippen LogP contribution < -0.4 is 10.6 Å². The fraction of sp³-hybridized carbons (Fsp3) is 0.267. The molecule has 3 aromatic carbocycles. The molecule has 3 N–H and O–H groups in total. The second-order valence-corrected chi connectivity index (χ2v) is 9.35. The number of hydrogen-bond donors (Lipinski definition) is 3. The van der Waals surface area contributed by atoms with Crippen LogP contribution in [0.3, 0.4) is 0 Å². The molecule has 0 saturated carbocycles. The van der Waals surface area contributed by atoms with Crippen LogP contribution in [0.4, 0.5) is 10.5 Å². The van der Waals surface area contributed by atoms with Crippen LogP contribution in [0.2, 0.25) is 0 Å². The highest BCUT2D eigenvalue weighted by atomic mass is 16.4. The van der Waals surface area contributed by atoms with Crippen molar-refractivity contribution in [2.75, 3.05) is 51.1 Å². The van der Waals surface area contributed by atoms with Crippen molar-refractivity contribution in [3.63, 3.8) is 0 Å². The number of urea groups is 1. The zero-order valence-electron chi connectivity index (χ0n) is 21.0. The van der Waals surface area contributed by atoms with Gasteiger partial charge < -0.3 is 20.6 Å². The third-order valence-corrected chi connectivity index (χ3v) is 6.53. The van der Waals surface area contributed by atoms with E-state index < -0.39 is 5.97 Å². The molecule has 0 aliphatic carbocycles. The number of nitrogens with one attached hydrogen (secondary N) is 2. The van der Waals surface area contributed by atoms with Crippen LogP contribution >= 0.6 is 0 Å². The summed E-state index contributed by atoms with van der Waals surface area (Å²) in [6.45, 7) is 9.66. The second kappa shape index (κ2) is 12.9. The average Bonchev–Trinajstić information content (AvgIpc) is 2.92. The van der Waals surface area contributed by atoms with E-state index in [1.165, 1.54) is 12.1 Å². The molecule has 1 heterocycles. The lowest BCUT2D eigenvalue weighted by molar-refractivity contribution is 0.0697. The van der Waals surface area contributed by atoms with Gasteiger partial charge in [-0.3, -0.25) is 4.90 Å². The topological polar surface area (TPSA) is 84.9 Å². The molecule has 0 unspecified atom stereocenters. The van der Waals surface area contributed by atoms with Crippen LogP contribution in [0.5, 0.6) is 0 Å². The number of carbonyl (C=O) groups is 2. The Morgan fingerprint density at radius 3 is 2.16 bits per heavy atom. The number of amides is 2. The molecule has 3 aromatic rings. The number of hydrogen-bond acceptors (Lipinski definition) is 4. The van der Waals surface area contributed by atoms with Crippen LogP contribution in [0.1, 0.15) is 27.4 Å². The Balaban J connectivity index is 1.58. The third-order valence-electron chi connectivity index (χ3n) is 6.53. The summed E-state index contributed by atoms with van der Waals surface area (Å²) in [5.41, 5.74) is 3.76. The summed E-state index contributed by atoms with van der Waals surface area (Å²) in [5, 5.41) is 15.6. The normalized spacial score (nSPS) is 13.8. The molecule has 2 amide bonds. The zero-order valence-corrected chi connectivity index (χ0v) is 21.0. The van der Waals surface area contributed by atoms with E-state index in [2.05, 4.69) is 46.4 Å². The maximum absolute atomic E-state index is 13.6. The molecule has 0 atom stereocenters. The van der Waals surface area contributed by atoms with Crippen molar-refractivity contribution in [1.29, 1.82) is 0 Å². The number of nitrogens with zero attached hydrogens (tertiary/aromatic N) is 2. The van der Waals surface area contributed by atoms with Gasteiger partial charge in [-0.05, 0) is 34.9 Å². The molecule has 0 radical (unpaired) electrons. The van der Waals surface area contributed by atoms with E-state index >= 15 is 0 Å². The molecule has 1 aliphatic rings. The van der Waals surface area contributed by atoms with Crippen LogP contribution in [0.25, 0.3) is 0 Å². The number of carboxylic acids is 1. The first-order valence-corrected chi connectivity index (χ1v) is 12.6. The Morgan fingerprint density at radius 2 is 1.57 bits per heavy atom. The highest BCUT2D eigenvalue weighted by Gasteiger charge is 2.23. The first kappa shape index (κ1) is 26.1. The average molecular weight is 499 g/mol. The maximum atomic E-state index is 13.6. The van der Waals surface area contributed by atoms with Gasteiger partial charge in [0.2, 0.25) is 0 Å². The lowest BCUT2D eigenvalue weighted by atomic mass is 9.90. The van der Waals surface area contributed by atoms with E-state index in [1.807, 2.05) is 36.4 Å². The summed E-state index contributed by atoms with van der Waals surface area (Å²) in [6, 6.07) is 26.4. The predicted octanol–water partition coefficient (Wildman–Crippen LogP) is 4.51. The van der Waals surface area contributed by atoms with E-state index in [4.69, 9.17) is 0 Å². The fourth-order valence-electron chi connectivity index (χ4n) is 4.65. The standard InChI is InChI=1S/C30H34N4O3/c1-23(20-33-17-15-31-16-18-33)21-34(30(37)32-27-14-8-13-26(19-27)29(35)36)22-28(24-9-4-2-5-10-24)25-11-6-3-7-12-25/h2-14,19,28,31H,1,15-18,20-22H2,(H,32,37)(H,35,36). The van der Waals surface area contributed by atoms with E-state index in [0.29, 0.717) is 18.8 Å². The molecule has 4 rings (SSSR count). The number of rotatable bonds is 10. The van der Waals surface area contributed by atoms with Crippen molar-refractivity contribution in [3.8, 4) is 0 Å². The second-order valence-electron chi connectivity index (χ2n) is 9.35. The summed E-state index contributed by atoms with van der Waals surface area (Å²) in [7, 11) is 0. The number of anilines is 1. The van der Waals surface area contributed by atoms with E-state index in [9.17, 15) is 14.7 Å². The monoisotopic (exact) mass is 498 g/mol. The third kappa shape index (κ3) is 7.52. The number of carboxylic acid groups (broad SMARTS) is 1. The van der Waals surface area contributed by atoms with Crippen molar-refractivity contribution >= 4 is 17.7 Å². The lowest BCUT2D eigenvalue weighted by Crippen LogP contribution is -2.45. The van der Waals surface area contributed by atoms with Crippen molar-refractivity contribution in [3.05, 3.63) is 114 Å². The van der Waals surface area contributed by atoms with Gasteiger partial charge in [-0.1, -0.05) is 73.3 Å². The minimum absolute atomic E-state index is 0.0366. The SMILES string of the molecule is C=C(CN1CCNCC1)CN(CC(c1ccccc1)c1ccccc1)C(=O)Nc1cccc(C(=O)O)c1. The Morgan fingerprint density at radius 1 is 0.946 bits per heavy atom. The number of benzene rings is 3. The van der Waals surface area contributed by atoms with E-state index in [1.54, 1.807) is 17.0 Å². The van der Waals surface area contributed by atoms with E-state index in [-0.39, 0.29) is 17.5 Å². The lowest BCUT2D eigenvalue weighted by Gasteiger charge is -2.32. The van der Waals surface area contributed by atoms with Gasteiger partial charge in [0.1, 0.15) is 0 Å². The first-order valence-electron chi connectivity index (χ1n) is 12.6. The summed E-state index contributed by atoms with van der Waals surface area (Å²) in [5.74, 6) is -1.07. The molecule has 7 nitrogen and oxygen atoms in total. The van der Waals surface area contributed by atoms with Gasteiger partial charge in [0.05, 0.1) is 5.56 Å². The first-order chi connectivity index (χ1) is 18.0. The van der Waals surface area contributed by atoms with Crippen molar-refractivity contribution in [2.45, 2.75) is 5.92 Å². The van der Waals surface area contributed by atoms with Crippen molar-refractivity contribution in [1.82, 2.24) is 15.1 Å². The van der Waals surface area contributed by atoms with Crippen LogP contribution in [0.15, 0.2) is 97.1 Å². The minimum Gasteiger partial charge on any atom is -0.478 e. The zero-order chi connectivity index (χ0) is 26.0. The number of aromatic carboxylic acids is 1. The highest BCUT2D eigenvalue weighted by molar-refractivity contribution is 5.93. The van der Waals surface area contributed by atoms with Gasteiger partial charge in [0.15, 0.2) is 0 Å². The number of piperazine rings is 1. The largest absolute Gasteiger partial charge is 0.478 e. The van der Waals surface area contributed by atoms with Crippen LogP contribution in [-0.4, -0.2) is 72.7 Å².